The molecule has 2 heterocycles. The van der Waals surface area contributed by atoms with Crippen LogP contribution in [0.4, 0.5) is 4.39 Å². The lowest BCUT2D eigenvalue weighted by Gasteiger charge is -2.33. The number of carbonyl (C=O) groups is 1. The van der Waals surface area contributed by atoms with E-state index >= 15 is 0 Å². The molecule has 2 aromatic rings. The predicted molar refractivity (Wildman–Crippen MR) is 105 cm³/mol. The third-order valence-corrected chi connectivity index (χ3v) is 6.00. The van der Waals surface area contributed by atoms with E-state index in [1.54, 1.807) is 18.2 Å². The summed E-state index contributed by atoms with van der Waals surface area (Å²) in [6.07, 6.45) is 8.70. The molecular formula is C22H28FN3O3. The van der Waals surface area contributed by atoms with Crippen LogP contribution in [0.15, 0.2) is 28.8 Å². The second-order valence-electron chi connectivity index (χ2n) is 8.15. The first-order chi connectivity index (χ1) is 14.2. The van der Waals surface area contributed by atoms with Crippen LogP contribution in [0.3, 0.4) is 0 Å². The lowest BCUT2D eigenvalue weighted by atomic mass is 9.86. The van der Waals surface area contributed by atoms with E-state index in [9.17, 15) is 9.18 Å². The lowest BCUT2D eigenvalue weighted by Crippen LogP contribution is -2.40. The number of benzene rings is 1. The van der Waals surface area contributed by atoms with E-state index in [1.807, 2.05) is 4.90 Å². The zero-order valence-corrected chi connectivity index (χ0v) is 16.7. The van der Waals surface area contributed by atoms with Crippen molar-refractivity contribution in [3.8, 4) is 5.75 Å². The Balaban J connectivity index is 1.31. The van der Waals surface area contributed by atoms with Gasteiger partial charge < -0.3 is 14.2 Å². The van der Waals surface area contributed by atoms with E-state index in [0.717, 1.165) is 19.4 Å². The van der Waals surface area contributed by atoms with Gasteiger partial charge in [0.1, 0.15) is 0 Å². The Labute approximate surface area is 170 Å². The highest BCUT2D eigenvalue weighted by Crippen LogP contribution is 2.29. The first-order valence-electron chi connectivity index (χ1n) is 10.7. The molecule has 1 aromatic carbocycles. The van der Waals surface area contributed by atoms with Crippen molar-refractivity contribution in [2.24, 2.45) is 5.92 Å². The fourth-order valence-electron chi connectivity index (χ4n) is 4.38. The summed E-state index contributed by atoms with van der Waals surface area (Å²) in [6.45, 7) is 1.47. The summed E-state index contributed by atoms with van der Waals surface area (Å²) in [4.78, 5) is 19.1. The van der Waals surface area contributed by atoms with Gasteiger partial charge >= 0.3 is 0 Å². The molecule has 2 aliphatic rings. The number of halogens is 1. The number of carbonyl (C=O) groups excluding carboxylic acids is 1. The summed E-state index contributed by atoms with van der Waals surface area (Å²) in [5.41, 5.74) is 0. The Kier molecular flexibility index (Phi) is 6.42. The van der Waals surface area contributed by atoms with Gasteiger partial charge in [0, 0.05) is 25.4 Å². The van der Waals surface area contributed by atoms with Crippen LogP contribution in [0.25, 0.3) is 0 Å². The molecule has 6 nitrogen and oxygen atoms in total. The number of rotatable bonds is 6. The standard InChI is InChI=1S/C22H28FN3O3/c23-18-10-4-5-11-19(18)28-15-20-24-22(25-29-20)17-9-6-12-26(14-17)21(27)13-16-7-2-1-3-8-16/h4-5,10-11,16-17H,1-3,6-9,12-15H2. The number of hydrogen-bond acceptors (Lipinski definition) is 5. The van der Waals surface area contributed by atoms with Crippen LogP contribution in [0, 0.1) is 11.7 Å². The Hall–Kier alpha value is -2.44. The topological polar surface area (TPSA) is 68.5 Å². The zero-order chi connectivity index (χ0) is 20.1. The molecule has 156 valence electrons. The maximum atomic E-state index is 13.6. The number of para-hydroxylation sites is 1. The van der Waals surface area contributed by atoms with Gasteiger partial charge in [-0.15, -0.1) is 0 Å². The van der Waals surface area contributed by atoms with Gasteiger partial charge in [-0.2, -0.15) is 4.98 Å². The van der Waals surface area contributed by atoms with Gasteiger partial charge in [-0.1, -0.05) is 36.6 Å². The van der Waals surface area contributed by atoms with Crippen LogP contribution >= 0.6 is 0 Å². The molecule has 0 N–H and O–H groups in total. The molecule has 4 rings (SSSR count). The van der Waals surface area contributed by atoms with Crippen molar-refractivity contribution in [1.82, 2.24) is 15.0 Å². The number of ether oxygens (including phenoxy) is 1. The molecule has 1 saturated heterocycles. The molecule has 1 aromatic heterocycles. The van der Waals surface area contributed by atoms with Gasteiger partial charge in [0.15, 0.2) is 24.0 Å². The van der Waals surface area contributed by atoms with Gasteiger partial charge in [0.05, 0.1) is 0 Å². The molecule has 1 amide bonds. The van der Waals surface area contributed by atoms with E-state index in [4.69, 9.17) is 9.26 Å². The third-order valence-electron chi connectivity index (χ3n) is 6.00. The number of aromatic nitrogens is 2. The molecule has 1 aliphatic heterocycles. The second kappa shape index (κ2) is 9.37. The summed E-state index contributed by atoms with van der Waals surface area (Å²) in [5.74, 6) is 1.53. The maximum Gasteiger partial charge on any atom is 0.264 e. The van der Waals surface area contributed by atoms with Gasteiger partial charge in [-0.05, 0) is 43.7 Å². The maximum absolute atomic E-state index is 13.6. The van der Waals surface area contributed by atoms with E-state index in [-0.39, 0.29) is 24.2 Å². The van der Waals surface area contributed by atoms with Crippen LogP contribution in [0.2, 0.25) is 0 Å². The van der Waals surface area contributed by atoms with Crippen LogP contribution in [-0.4, -0.2) is 34.0 Å². The first-order valence-corrected chi connectivity index (χ1v) is 10.7. The molecule has 1 atom stereocenters. The monoisotopic (exact) mass is 401 g/mol. The zero-order valence-electron chi connectivity index (χ0n) is 16.7. The number of nitrogens with zero attached hydrogens (tertiary/aromatic N) is 3. The van der Waals surface area contributed by atoms with Crippen molar-refractivity contribution in [2.75, 3.05) is 13.1 Å². The summed E-state index contributed by atoms with van der Waals surface area (Å²) < 4.78 is 24.4. The summed E-state index contributed by atoms with van der Waals surface area (Å²) in [7, 11) is 0. The third kappa shape index (κ3) is 5.14. The molecule has 0 spiro atoms. The highest BCUT2D eigenvalue weighted by atomic mass is 19.1. The van der Waals surface area contributed by atoms with E-state index in [0.29, 0.717) is 30.6 Å². The minimum absolute atomic E-state index is 0.0188. The summed E-state index contributed by atoms with van der Waals surface area (Å²) in [5, 5.41) is 4.09. The number of piperidine rings is 1. The van der Waals surface area contributed by atoms with Crippen molar-refractivity contribution in [3.63, 3.8) is 0 Å². The average molecular weight is 401 g/mol. The van der Waals surface area contributed by atoms with Gasteiger partial charge in [0.25, 0.3) is 5.89 Å². The quantitative estimate of drug-likeness (QED) is 0.715. The lowest BCUT2D eigenvalue weighted by molar-refractivity contribution is -0.133. The molecule has 1 unspecified atom stereocenters. The Morgan fingerprint density at radius 3 is 2.83 bits per heavy atom. The van der Waals surface area contributed by atoms with Gasteiger partial charge in [0.2, 0.25) is 5.91 Å². The minimum atomic E-state index is -0.424. The minimum Gasteiger partial charge on any atom is -0.481 e. The fraction of sp³-hybridized carbons (Fsp3) is 0.591. The molecule has 1 aliphatic carbocycles. The molecule has 0 bridgehead atoms. The predicted octanol–water partition coefficient (Wildman–Crippen LogP) is 4.46. The van der Waals surface area contributed by atoms with Crippen molar-refractivity contribution in [1.29, 1.82) is 0 Å². The fourth-order valence-corrected chi connectivity index (χ4v) is 4.38. The summed E-state index contributed by atoms with van der Waals surface area (Å²) in [6, 6.07) is 6.22. The van der Waals surface area contributed by atoms with Crippen LogP contribution in [-0.2, 0) is 11.4 Å². The second-order valence-corrected chi connectivity index (χ2v) is 8.15. The Morgan fingerprint density at radius 1 is 1.17 bits per heavy atom. The van der Waals surface area contributed by atoms with Crippen molar-refractivity contribution < 1.29 is 18.4 Å². The molecule has 0 radical (unpaired) electrons. The molecule has 29 heavy (non-hydrogen) atoms. The molecule has 7 heteroatoms. The van der Waals surface area contributed by atoms with E-state index in [1.165, 1.54) is 38.2 Å². The number of hydrogen-bond donors (Lipinski definition) is 0. The Bertz CT molecular complexity index is 819. The molecule has 1 saturated carbocycles. The van der Waals surface area contributed by atoms with Crippen LogP contribution < -0.4 is 4.74 Å². The number of amides is 1. The van der Waals surface area contributed by atoms with Crippen molar-refractivity contribution in [3.05, 3.63) is 41.8 Å². The highest BCUT2D eigenvalue weighted by molar-refractivity contribution is 5.76. The van der Waals surface area contributed by atoms with Gasteiger partial charge in [-0.25, -0.2) is 4.39 Å². The number of likely N-dealkylation sites (tertiary alicyclic amines) is 1. The van der Waals surface area contributed by atoms with E-state index in [2.05, 4.69) is 10.1 Å². The normalized spacial score (nSPS) is 20.6. The molecular weight excluding hydrogens is 373 g/mol. The van der Waals surface area contributed by atoms with Crippen LogP contribution in [0.5, 0.6) is 5.75 Å². The smallest absolute Gasteiger partial charge is 0.264 e. The Morgan fingerprint density at radius 2 is 2.00 bits per heavy atom. The SMILES string of the molecule is O=C(CC1CCCCC1)N1CCCC(c2noc(COc3ccccc3F)n2)C1. The molecule has 2 fully saturated rings. The van der Waals surface area contributed by atoms with Crippen molar-refractivity contribution >= 4 is 5.91 Å². The highest BCUT2D eigenvalue weighted by Gasteiger charge is 2.29. The van der Waals surface area contributed by atoms with Crippen molar-refractivity contribution in [2.45, 2.75) is 63.9 Å². The summed E-state index contributed by atoms with van der Waals surface area (Å²) >= 11 is 0. The largest absolute Gasteiger partial charge is 0.481 e. The van der Waals surface area contributed by atoms with Crippen LogP contribution in [0.1, 0.15) is 69.0 Å². The van der Waals surface area contributed by atoms with Gasteiger partial charge in [-0.3, -0.25) is 4.79 Å². The first kappa shape index (κ1) is 19.9. The van der Waals surface area contributed by atoms with E-state index < -0.39 is 5.82 Å². The average Bonchev–Trinajstić information content (AvgIpc) is 3.23.